The average molecular weight is 367 g/mol. The van der Waals surface area contributed by atoms with E-state index in [0.29, 0.717) is 15.7 Å². The van der Waals surface area contributed by atoms with Crippen LogP contribution in [-0.2, 0) is 4.79 Å². The van der Waals surface area contributed by atoms with Crippen LogP contribution in [0.5, 0.6) is 5.75 Å². The van der Waals surface area contributed by atoms with Gasteiger partial charge < -0.3 is 15.4 Å². The molecule has 0 aliphatic rings. The van der Waals surface area contributed by atoms with E-state index >= 15 is 0 Å². The Morgan fingerprint density at radius 3 is 2.54 bits per heavy atom. The first kappa shape index (κ1) is 18.4. The number of amides is 1. The Labute approximate surface area is 152 Å². The summed E-state index contributed by atoms with van der Waals surface area (Å²) < 4.78 is 5.71. The van der Waals surface area contributed by atoms with Gasteiger partial charge in [-0.25, -0.2) is 0 Å². The van der Waals surface area contributed by atoms with Crippen molar-refractivity contribution >= 4 is 40.5 Å². The molecule has 0 spiro atoms. The SMILES string of the molecule is CCC(C)Oc1ccc(NCC(=O)Nc2cc(Cl)ccc2Cl)cc1. The van der Waals surface area contributed by atoms with Gasteiger partial charge in [0, 0.05) is 10.7 Å². The van der Waals surface area contributed by atoms with Crippen molar-refractivity contribution in [3.63, 3.8) is 0 Å². The van der Waals surface area contributed by atoms with Crippen molar-refractivity contribution in [2.75, 3.05) is 17.2 Å². The minimum atomic E-state index is -0.209. The van der Waals surface area contributed by atoms with Gasteiger partial charge in [0.1, 0.15) is 5.75 Å². The lowest BCUT2D eigenvalue weighted by atomic mass is 10.2. The number of rotatable bonds is 7. The number of nitrogens with one attached hydrogen (secondary N) is 2. The normalized spacial score (nSPS) is 11.7. The summed E-state index contributed by atoms with van der Waals surface area (Å²) in [5.41, 5.74) is 1.33. The van der Waals surface area contributed by atoms with Crippen molar-refractivity contribution in [1.82, 2.24) is 0 Å². The number of carbonyl (C=O) groups is 1. The van der Waals surface area contributed by atoms with Crippen molar-refractivity contribution in [2.45, 2.75) is 26.4 Å². The van der Waals surface area contributed by atoms with E-state index in [0.717, 1.165) is 17.9 Å². The molecular weight excluding hydrogens is 347 g/mol. The van der Waals surface area contributed by atoms with Crippen LogP contribution in [-0.4, -0.2) is 18.6 Å². The molecule has 24 heavy (non-hydrogen) atoms. The van der Waals surface area contributed by atoms with E-state index in [1.807, 2.05) is 31.2 Å². The van der Waals surface area contributed by atoms with Gasteiger partial charge in [-0.1, -0.05) is 30.1 Å². The van der Waals surface area contributed by atoms with Crippen LogP contribution in [0.3, 0.4) is 0 Å². The molecule has 0 bridgehead atoms. The van der Waals surface area contributed by atoms with Gasteiger partial charge in [-0.3, -0.25) is 4.79 Å². The fraction of sp³-hybridized carbons (Fsp3) is 0.278. The lowest BCUT2D eigenvalue weighted by molar-refractivity contribution is -0.114. The van der Waals surface area contributed by atoms with Gasteiger partial charge >= 0.3 is 0 Å². The minimum Gasteiger partial charge on any atom is -0.491 e. The van der Waals surface area contributed by atoms with Crippen molar-refractivity contribution in [1.29, 1.82) is 0 Å². The van der Waals surface area contributed by atoms with E-state index in [-0.39, 0.29) is 18.6 Å². The molecule has 1 atom stereocenters. The highest BCUT2D eigenvalue weighted by molar-refractivity contribution is 6.35. The molecule has 0 saturated carbocycles. The summed E-state index contributed by atoms with van der Waals surface area (Å²) in [6.07, 6.45) is 1.13. The predicted octanol–water partition coefficient (Wildman–Crippen LogP) is 5.22. The van der Waals surface area contributed by atoms with Gasteiger partial charge in [-0.05, 0) is 55.8 Å². The lowest BCUT2D eigenvalue weighted by Gasteiger charge is -2.13. The summed E-state index contributed by atoms with van der Waals surface area (Å²) in [5, 5.41) is 6.73. The first-order valence-corrected chi connectivity index (χ1v) is 8.49. The molecule has 2 rings (SSSR count). The number of anilines is 2. The van der Waals surface area contributed by atoms with Crippen LogP contribution in [0.4, 0.5) is 11.4 Å². The number of carbonyl (C=O) groups excluding carboxylic acids is 1. The highest BCUT2D eigenvalue weighted by Crippen LogP contribution is 2.25. The largest absolute Gasteiger partial charge is 0.491 e. The third-order valence-electron chi connectivity index (χ3n) is 3.42. The van der Waals surface area contributed by atoms with Crippen LogP contribution < -0.4 is 15.4 Å². The molecule has 128 valence electrons. The molecule has 0 radical (unpaired) electrons. The van der Waals surface area contributed by atoms with E-state index in [2.05, 4.69) is 17.6 Å². The van der Waals surface area contributed by atoms with Gasteiger partial charge in [-0.2, -0.15) is 0 Å². The van der Waals surface area contributed by atoms with Crippen molar-refractivity contribution in [2.24, 2.45) is 0 Å². The highest BCUT2D eigenvalue weighted by atomic mass is 35.5. The second-order valence-corrected chi connectivity index (χ2v) is 6.23. The summed E-state index contributed by atoms with van der Waals surface area (Å²) in [7, 11) is 0. The average Bonchev–Trinajstić information content (AvgIpc) is 2.57. The molecule has 0 saturated heterocycles. The van der Waals surface area contributed by atoms with Crippen molar-refractivity contribution in [3.8, 4) is 5.75 Å². The van der Waals surface area contributed by atoms with E-state index in [4.69, 9.17) is 27.9 Å². The van der Waals surface area contributed by atoms with Crippen LogP contribution >= 0.6 is 23.2 Å². The molecular formula is C18H20Cl2N2O2. The quantitative estimate of drug-likeness (QED) is 0.705. The lowest BCUT2D eigenvalue weighted by Crippen LogP contribution is -2.21. The Balaban J connectivity index is 1.86. The molecule has 2 aromatic rings. The second kappa shape index (κ2) is 8.81. The number of hydrogen-bond acceptors (Lipinski definition) is 3. The Morgan fingerprint density at radius 2 is 1.88 bits per heavy atom. The zero-order valence-electron chi connectivity index (χ0n) is 13.6. The molecule has 0 aromatic heterocycles. The molecule has 4 nitrogen and oxygen atoms in total. The fourth-order valence-electron chi connectivity index (χ4n) is 1.94. The van der Waals surface area contributed by atoms with Crippen LogP contribution in [0.25, 0.3) is 0 Å². The molecule has 1 amide bonds. The van der Waals surface area contributed by atoms with Gasteiger partial charge in [0.15, 0.2) is 0 Å². The maximum Gasteiger partial charge on any atom is 0.243 e. The first-order chi connectivity index (χ1) is 11.5. The van der Waals surface area contributed by atoms with Crippen LogP contribution in [0.15, 0.2) is 42.5 Å². The third-order valence-corrected chi connectivity index (χ3v) is 3.99. The second-order valence-electron chi connectivity index (χ2n) is 5.39. The number of hydrogen-bond donors (Lipinski definition) is 2. The maximum atomic E-state index is 12.0. The van der Waals surface area contributed by atoms with E-state index in [9.17, 15) is 4.79 Å². The zero-order chi connectivity index (χ0) is 17.5. The standard InChI is InChI=1S/C18H20Cl2N2O2/c1-3-12(2)24-15-7-5-14(6-8-15)21-11-18(23)22-17-10-13(19)4-9-16(17)20/h4-10,12,21H,3,11H2,1-2H3,(H,22,23). The summed E-state index contributed by atoms with van der Waals surface area (Å²) >= 11 is 11.9. The Morgan fingerprint density at radius 1 is 1.17 bits per heavy atom. The van der Waals surface area contributed by atoms with Crippen molar-refractivity contribution < 1.29 is 9.53 Å². The number of halogens is 2. The topological polar surface area (TPSA) is 50.4 Å². The van der Waals surface area contributed by atoms with Crippen LogP contribution in [0.1, 0.15) is 20.3 Å². The monoisotopic (exact) mass is 366 g/mol. The first-order valence-electron chi connectivity index (χ1n) is 7.73. The smallest absolute Gasteiger partial charge is 0.243 e. The molecule has 0 heterocycles. The van der Waals surface area contributed by atoms with Crippen molar-refractivity contribution in [3.05, 3.63) is 52.5 Å². The molecule has 0 fully saturated rings. The molecule has 2 aromatic carbocycles. The van der Waals surface area contributed by atoms with Gasteiger partial charge in [0.05, 0.1) is 23.4 Å². The van der Waals surface area contributed by atoms with Gasteiger partial charge in [0.2, 0.25) is 5.91 Å². The maximum absolute atomic E-state index is 12.0. The Kier molecular flexibility index (Phi) is 6.76. The summed E-state index contributed by atoms with van der Waals surface area (Å²) in [6, 6.07) is 12.4. The molecule has 0 aliphatic carbocycles. The molecule has 1 unspecified atom stereocenters. The van der Waals surface area contributed by atoms with E-state index in [1.165, 1.54) is 0 Å². The van der Waals surface area contributed by atoms with Crippen LogP contribution in [0.2, 0.25) is 10.0 Å². The molecule has 6 heteroatoms. The summed E-state index contributed by atoms with van der Waals surface area (Å²) in [4.78, 5) is 12.0. The Bertz CT molecular complexity index is 690. The number of ether oxygens (including phenoxy) is 1. The molecule has 0 aliphatic heterocycles. The summed E-state index contributed by atoms with van der Waals surface area (Å²) in [5.74, 6) is 0.601. The van der Waals surface area contributed by atoms with Crippen LogP contribution in [0, 0.1) is 0 Å². The minimum absolute atomic E-state index is 0.119. The third kappa shape index (κ3) is 5.62. The predicted molar refractivity (Wildman–Crippen MR) is 100 cm³/mol. The van der Waals surface area contributed by atoms with Gasteiger partial charge in [0.25, 0.3) is 0 Å². The van der Waals surface area contributed by atoms with E-state index < -0.39 is 0 Å². The van der Waals surface area contributed by atoms with E-state index in [1.54, 1.807) is 18.2 Å². The highest BCUT2D eigenvalue weighted by Gasteiger charge is 2.07. The number of benzene rings is 2. The zero-order valence-corrected chi connectivity index (χ0v) is 15.1. The Hall–Kier alpha value is -1.91. The van der Waals surface area contributed by atoms with Gasteiger partial charge in [-0.15, -0.1) is 0 Å². The fourth-order valence-corrected chi connectivity index (χ4v) is 2.27. The summed E-state index contributed by atoms with van der Waals surface area (Å²) in [6.45, 7) is 4.22. The molecule has 2 N–H and O–H groups in total.